The third-order valence-electron chi connectivity index (χ3n) is 33.7. The van der Waals surface area contributed by atoms with Gasteiger partial charge in [-0.25, -0.2) is 14.4 Å². The predicted molar refractivity (Wildman–Crippen MR) is 461 cm³/mol. The van der Waals surface area contributed by atoms with Crippen LogP contribution in [0.3, 0.4) is 0 Å². The lowest BCUT2D eigenvalue weighted by Crippen LogP contribution is -2.69. The Kier molecular flexibility index (Phi) is 32.6. The molecule has 19 aliphatic rings. The van der Waals surface area contributed by atoms with Crippen molar-refractivity contribution in [2.75, 3.05) is 19.8 Å². The highest BCUT2D eigenvalue weighted by Crippen LogP contribution is 2.77. The standard InChI is InChI=1S/C25H38O4.2C23H38O4.C21H34O4.4C2H6/c1-6-23(2,3)22(27)28-13-21(26)29-24(4,5)25-10-18-15-7-14-8-16(18)20(12-25)17(9-14)19(15)11-25;1-8-20(2,3)18(24)26-21(4,5)19(25)27-22(6,7)23-12-15-9-16(13-23)11-17(10-15)14-23;1-6-21(2,3)20(25)26-9-7-8-19(24)27-22(4,5)23-13-16-10-17(14-23)12-18(11-16)15-23;1-6-19(2,3)18(23)24-13-17(22)25-20(4,5)21-10-14-7-15(11-21)9-16(8-14)12-21;4*1-2/h14-20H,6-13H2,1-5H3;15-17H,8-14H2,1-7H3;16-18H,6-15H2,1-5H3;14-16H,6-13H2,1-5H3;4*1-2H3. The van der Waals surface area contributed by atoms with Crippen molar-refractivity contribution in [3.05, 3.63) is 0 Å². The largest absolute Gasteiger partial charge is 0.465 e. The number of rotatable bonds is 26. The molecule has 668 valence electrons. The molecule has 0 aromatic carbocycles. The summed E-state index contributed by atoms with van der Waals surface area (Å²) in [4.78, 5) is 99.3. The van der Waals surface area contributed by atoms with Crippen LogP contribution >= 0.6 is 0 Å². The number of carbonyl (C=O) groups excluding carboxylic acids is 8. The van der Waals surface area contributed by atoms with Gasteiger partial charge in [0.05, 0.1) is 28.3 Å². The molecule has 0 heterocycles. The summed E-state index contributed by atoms with van der Waals surface area (Å²) in [5, 5.41) is 0. The van der Waals surface area contributed by atoms with Gasteiger partial charge in [0.15, 0.2) is 13.2 Å². The number of hydrogen-bond acceptors (Lipinski definition) is 16. The van der Waals surface area contributed by atoms with E-state index in [-0.39, 0.29) is 71.3 Å². The summed E-state index contributed by atoms with van der Waals surface area (Å²) < 4.78 is 45.6. The summed E-state index contributed by atoms with van der Waals surface area (Å²) in [5.74, 6) is 11.2. The zero-order valence-electron chi connectivity index (χ0n) is 79.6. The average molecular weight is 1630 g/mol. The smallest absolute Gasteiger partial charge is 0.350 e. The van der Waals surface area contributed by atoms with E-state index < -0.39 is 67.6 Å². The quantitative estimate of drug-likeness (QED) is 0.0448. The zero-order valence-corrected chi connectivity index (χ0v) is 79.6. The average Bonchev–Trinajstić information content (AvgIpc) is 0.673. The second-order valence-corrected chi connectivity index (χ2v) is 44.1. The third-order valence-corrected chi connectivity index (χ3v) is 33.7. The van der Waals surface area contributed by atoms with Gasteiger partial charge in [-0.3, -0.25) is 24.0 Å². The Balaban J connectivity index is 0.000000208. The molecular weight excluding hydrogens is 1460 g/mol. The SMILES string of the molecule is CC.CC.CC.CC.CCC(C)(C)C(=O)OC(C)(C)C(=O)OC(C)(C)C12CC3CC(CC(C3)C1)C2.CCC(C)(C)C(=O)OCC(=O)OC(C)(C)C12CC3C4CC5CC3C(C1)C(C5)C4C2.CCC(C)(C)C(=O)OCC(=O)OC(C)(C)C12CC3CC(CC(C3)C1)C2.CCC(C)(C)C(=O)OCCCC(=O)OC(C)(C)C12CC3CC(CC(C3)C1)C2. The summed E-state index contributed by atoms with van der Waals surface area (Å²) in [6.45, 7) is 58.5. The molecule has 0 amide bonds. The minimum atomic E-state index is -1.27. The summed E-state index contributed by atoms with van der Waals surface area (Å²) in [6, 6.07) is 0. The Morgan fingerprint density at radius 1 is 0.259 bits per heavy atom. The molecule has 16 heteroatoms. The lowest BCUT2D eigenvalue weighted by atomic mass is 9.31. The maximum atomic E-state index is 13.0. The maximum absolute atomic E-state index is 13.0. The molecule has 0 aromatic rings. The molecule has 0 atom stereocenters. The van der Waals surface area contributed by atoms with E-state index in [2.05, 4.69) is 55.4 Å². The normalized spacial score (nSPS) is 33.8. The molecule has 20 bridgehead atoms. The summed E-state index contributed by atoms with van der Waals surface area (Å²) in [6.07, 6.45) is 34.8. The first kappa shape index (κ1) is 98.9. The fraction of sp³-hybridized carbons (Fsp3) is 0.920. The van der Waals surface area contributed by atoms with E-state index in [4.69, 9.17) is 37.9 Å². The van der Waals surface area contributed by atoms with Gasteiger partial charge in [0.1, 0.15) is 22.4 Å². The van der Waals surface area contributed by atoms with E-state index in [1.165, 1.54) is 154 Å². The highest BCUT2D eigenvalue weighted by molar-refractivity contribution is 5.85. The number of ether oxygens (including phenoxy) is 8. The molecule has 0 unspecified atom stereocenters. The van der Waals surface area contributed by atoms with E-state index in [1.807, 2.05) is 138 Å². The van der Waals surface area contributed by atoms with Crippen molar-refractivity contribution in [3.63, 3.8) is 0 Å². The molecule has 0 saturated heterocycles. The molecule has 19 fully saturated rings. The molecule has 0 radical (unpaired) electrons. The molecule has 0 aromatic heterocycles. The van der Waals surface area contributed by atoms with Crippen LogP contribution in [0.25, 0.3) is 0 Å². The molecule has 0 N–H and O–H groups in total. The van der Waals surface area contributed by atoms with Crippen LogP contribution in [0, 0.1) is 138 Å². The van der Waals surface area contributed by atoms with Crippen LogP contribution in [0.15, 0.2) is 0 Å². The third kappa shape index (κ3) is 21.2. The Hall–Kier alpha value is -4.24. The second-order valence-electron chi connectivity index (χ2n) is 44.1. The van der Waals surface area contributed by atoms with E-state index in [1.54, 1.807) is 13.8 Å². The second kappa shape index (κ2) is 38.3. The Labute approximate surface area is 706 Å². The van der Waals surface area contributed by atoms with Gasteiger partial charge >= 0.3 is 47.8 Å². The molecule has 19 aliphatic carbocycles. The molecule has 0 spiro atoms. The van der Waals surface area contributed by atoms with Crippen molar-refractivity contribution in [1.82, 2.24) is 0 Å². The Morgan fingerprint density at radius 2 is 0.491 bits per heavy atom. The van der Waals surface area contributed by atoms with Gasteiger partial charge in [0.25, 0.3) is 0 Å². The van der Waals surface area contributed by atoms with Gasteiger partial charge in [-0.1, -0.05) is 83.1 Å². The molecule has 19 saturated carbocycles. The van der Waals surface area contributed by atoms with E-state index in [0.717, 1.165) is 101 Å². The van der Waals surface area contributed by atoms with Gasteiger partial charge in [0, 0.05) is 28.1 Å². The van der Waals surface area contributed by atoms with E-state index in [9.17, 15) is 38.4 Å². The number of hydrogen-bond donors (Lipinski definition) is 0. The van der Waals surface area contributed by atoms with Crippen LogP contribution in [0.1, 0.15) is 400 Å². The van der Waals surface area contributed by atoms with Crippen LogP contribution in [0.2, 0.25) is 0 Å². The first-order valence-corrected chi connectivity index (χ1v) is 47.6. The fourth-order valence-electron chi connectivity index (χ4n) is 26.1. The van der Waals surface area contributed by atoms with Crippen molar-refractivity contribution in [3.8, 4) is 0 Å². The van der Waals surface area contributed by atoms with Gasteiger partial charge in [-0.05, 0) is 406 Å². The maximum Gasteiger partial charge on any atom is 0.350 e. The highest BCUT2D eigenvalue weighted by atomic mass is 16.6. The van der Waals surface area contributed by atoms with Crippen molar-refractivity contribution < 1.29 is 76.3 Å². The topological polar surface area (TPSA) is 210 Å². The monoisotopic (exact) mass is 1630 g/mol. The van der Waals surface area contributed by atoms with Crippen molar-refractivity contribution in [2.24, 2.45) is 138 Å². The van der Waals surface area contributed by atoms with Crippen molar-refractivity contribution in [2.45, 2.75) is 428 Å². The van der Waals surface area contributed by atoms with Crippen LogP contribution in [-0.4, -0.2) is 95.6 Å². The van der Waals surface area contributed by atoms with Gasteiger partial charge in [-0.2, -0.15) is 0 Å². The summed E-state index contributed by atoms with van der Waals surface area (Å²) in [5.41, 5.74) is -4.90. The Bertz CT molecular complexity index is 3150. The highest BCUT2D eigenvalue weighted by Gasteiger charge is 2.71. The fourth-order valence-corrected chi connectivity index (χ4v) is 26.1. The molecular formula is C100H172O16. The molecule has 19 rings (SSSR count). The molecule has 0 aliphatic heterocycles. The minimum absolute atomic E-state index is 0.0835. The first-order chi connectivity index (χ1) is 54.0. The van der Waals surface area contributed by atoms with Gasteiger partial charge < -0.3 is 37.9 Å². The van der Waals surface area contributed by atoms with Crippen molar-refractivity contribution >= 4 is 47.8 Å². The van der Waals surface area contributed by atoms with E-state index in [0.29, 0.717) is 32.1 Å². The zero-order chi connectivity index (χ0) is 87.3. The van der Waals surface area contributed by atoms with Crippen molar-refractivity contribution in [1.29, 1.82) is 0 Å². The van der Waals surface area contributed by atoms with Crippen LogP contribution in [0.4, 0.5) is 0 Å². The first-order valence-electron chi connectivity index (χ1n) is 47.6. The minimum Gasteiger partial charge on any atom is -0.465 e. The number of esters is 8. The summed E-state index contributed by atoms with van der Waals surface area (Å²) >= 11 is 0. The molecule has 16 nitrogen and oxygen atoms in total. The predicted octanol–water partition coefficient (Wildman–Crippen LogP) is 24.2. The number of carbonyl (C=O) groups is 8. The van der Waals surface area contributed by atoms with E-state index >= 15 is 0 Å². The van der Waals surface area contributed by atoms with Crippen LogP contribution in [-0.2, 0) is 76.3 Å². The Morgan fingerprint density at radius 3 is 0.759 bits per heavy atom. The van der Waals surface area contributed by atoms with Crippen LogP contribution < -0.4 is 0 Å². The lowest BCUT2D eigenvalue weighted by Gasteiger charge is -2.74. The lowest BCUT2D eigenvalue weighted by molar-refractivity contribution is -0.273. The molecule has 116 heavy (non-hydrogen) atoms. The van der Waals surface area contributed by atoms with Gasteiger partial charge in [-0.15, -0.1) is 0 Å². The van der Waals surface area contributed by atoms with Gasteiger partial charge in [0.2, 0.25) is 5.60 Å². The summed E-state index contributed by atoms with van der Waals surface area (Å²) in [7, 11) is 0. The van der Waals surface area contributed by atoms with Crippen LogP contribution in [0.5, 0.6) is 0 Å².